The van der Waals surface area contributed by atoms with Gasteiger partial charge in [-0.15, -0.1) is 0 Å². The fraction of sp³-hybridized carbons (Fsp3) is 0.136. The number of nitrogens with zero attached hydrogens (tertiary/aromatic N) is 1. The van der Waals surface area contributed by atoms with Crippen LogP contribution < -0.4 is 10.2 Å². The summed E-state index contributed by atoms with van der Waals surface area (Å²) < 4.78 is 49.8. The van der Waals surface area contributed by atoms with Crippen LogP contribution in [0.15, 0.2) is 81.3 Å². The Bertz CT molecular complexity index is 1360. The van der Waals surface area contributed by atoms with Crippen LogP contribution in [0.3, 0.4) is 0 Å². The van der Waals surface area contributed by atoms with Crippen LogP contribution in [0, 0.1) is 5.82 Å². The normalized spacial score (nSPS) is 11.7. The zero-order valence-electron chi connectivity index (χ0n) is 16.0. The van der Waals surface area contributed by atoms with Gasteiger partial charge in [0.05, 0.1) is 6.54 Å². The molecule has 2 aromatic carbocycles. The third-order valence-electron chi connectivity index (χ3n) is 4.59. The molecule has 8 heteroatoms. The number of rotatable bonds is 6. The van der Waals surface area contributed by atoms with Crippen LogP contribution in [0.4, 0.5) is 4.39 Å². The van der Waals surface area contributed by atoms with E-state index in [4.69, 9.17) is 9.15 Å². The lowest BCUT2D eigenvalue weighted by atomic mass is 10.2. The molecule has 0 saturated heterocycles. The van der Waals surface area contributed by atoms with Gasteiger partial charge in [-0.3, -0.25) is 4.79 Å². The van der Waals surface area contributed by atoms with Crippen LogP contribution >= 0.6 is 0 Å². The molecule has 4 rings (SSSR count). The van der Waals surface area contributed by atoms with Crippen molar-refractivity contribution in [1.29, 1.82) is 0 Å². The summed E-state index contributed by atoms with van der Waals surface area (Å²) in [5, 5.41) is 2.18. The van der Waals surface area contributed by atoms with Crippen LogP contribution in [0.1, 0.15) is 11.3 Å². The summed E-state index contributed by atoms with van der Waals surface area (Å²) in [6.07, 6.45) is 6.09. The van der Waals surface area contributed by atoms with Gasteiger partial charge < -0.3 is 13.7 Å². The van der Waals surface area contributed by atoms with Gasteiger partial charge in [0.15, 0.2) is 9.84 Å². The van der Waals surface area contributed by atoms with E-state index in [0.717, 1.165) is 23.1 Å². The molecule has 0 N–H and O–H groups in total. The van der Waals surface area contributed by atoms with Gasteiger partial charge in [-0.2, -0.15) is 0 Å². The van der Waals surface area contributed by atoms with Crippen molar-refractivity contribution in [2.75, 3.05) is 6.26 Å². The quantitative estimate of drug-likeness (QED) is 0.468. The molecule has 2 heterocycles. The SMILES string of the molecule is CS(=O)(=O)c1ccc(COc2coc(Cn3cc4ccccc4c3)cc2=O)cc1F. The van der Waals surface area contributed by atoms with E-state index in [9.17, 15) is 17.6 Å². The number of ether oxygens (including phenoxy) is 1. The minimum atomic E-state index is -3.65. The molecule has 0 spiro atoms. The van der Waals surface area contributed by atoms with Gasteiger partial charge >= 0.3 is 0 Å². The van der Waals surface area contributed by atoms with Gasteiger partial charge in [-0.25, -0.2) is 12.8 Å². The van der Waals surface area contributed by atoms with Crippen molar-refractivity contribution in [2.24, 2.45) is 0 Å². The van der Waals surface area contributed by atoms with Gasteiger partial charge in [0.1, 0.15) is 29.3 Å². The molecule has 0 fully saturated rings. The smallest absolute Gasteiger partial charge is 0.227 e. The Morgan fingerprint density at radius 2 is 1.77 bits per heavy atom. The second-order valence-electron chi connectivity index (χ2n) is 6.96. The van der Waals surface area contributed by atoms with E-state index in [0.29, 0.717) is 17.9 Å². The number of sulfone groups is 1. The van der Waals surface area contributed by atoms with E-state index in [2.05, 4.69) is 0 Å². The number of fused-ring (bicyclic) bond motifs is 1. The second-order valence-corrected chi connectivity index (χ2v) is 8.94. The molecule has 0 unspecified atom stereocenters. The topological polar surface area (TPSA) is 78.5 Å². The molecule has 6 nitrogen and oxygen atoms in total. The lowest BCUT2D eigenvalue weighted by Gasteiger charge is -2.08. The zero-order valence-corrected chi connectivity index (χ0v) is 16.9. The van der Waals surface area contributed by atoms with E-state index in [1.807, 2.05) is 41.2 Å². The van der Waals surface area contributed by atoms with E-state index >= 15 is 0 Å². The lowest BCUT2D eigenvalue weighted by Crippen LogP contribution is -2.09. The summed E-state index contributed by atoms with van der Waals surface area (Å²) >= 11 is 0. The molecule has 0 atom stereocenters. The average Bonchev–Trinajstić information content (AvgIpc) is 3.08. The molecule has 30 heavy (non-hydrogen) atoms. The maximum atomic E-state index is 14.0. The Labute approximate surface area is 172 Å². The van der Waals surface area contributed by atoms with Crippen LogP contribution in [0.2, 0.25) is 0 Å². The van der Waals surface area contributed by atoms with Crippen molar-refractivity contribution in [3.05, 3.63) is 94.6 Å². The summed E-state index contributed by atoms with van der Waals surface area (Å²) in [7, 11) is -3.65. The maximum Gasteiger partial charge on any atom is 0.227 e. The fourth-order valence-corrected chi connectivity index (χ4v) is 3.86. The van der Waals surface area contributed by atoms with Gasteiger partial charge in [-0.1, -0.05) is 30.3 Å². The molecule has 0 bridgehead atoms. The van der Waals surface area contributed by atoms with Crippen LogP contribution in [0.5, 0.6) is 5.75 Å². The average molecular weight is 427 g/mol. The Kier molecular flexibility index (Phi) is 5.17. The van der Waals surface area contributed by atoms with E-state index in [-0.39, 0.29) is 22.7 Å². The molecule has 4 aromatic rings. The predicted octanol–water partition coefficient (Wildman–Crippen LogP) is 3.76. The van der Waals surface area contributed by atoms with Crippen molar-refractivity contribution >= 4 is 20.6 Å². The Hall–Kier alpha value is -3.39. The molecule has 0 saturated carbocycles. The molecule has 2 aromatic heterocycles. The fourth-order valence-electron chi connectivity index (χ4n) is 3.13. The molecule has 154 valence electrons. The first kappa shape index (κ1) is 19.9. The maximum absolute atomic E-state index is 14.0. The summed E-state index contributed by atoms with van der Waals surface area (Å²) in [4.78, 5) is 11.9. The van der Waals surface area contributed by atoms with Gasteiger partial charge in [0, 0.05) is 24.7 Å². The minimum Gasteiger partial charge on any atom is -0.482 e. The molecular weight excluding hydrogens is 409 g/mol. The highest BCUT2D eigenvalue weighted by molar-refractivity contribution is 7.90. The number of hydrogen-bond acceptors (Lipinski definition) is 5. The Balaban J connectivity index is 1.46. The van der Waals surface area contributed by atoms with Gasteiger partial charge in [0.25, 0.3) is 0 Å². The van der Waals surface area contributed by atoms with Gasteiger partial charge in [-0.05, 0) is 28.5 Å². The van der Waals surface area contributed by atoms with Crippen molar-refractivity contribution in [3.63, 3.8) is 0 Å². The number of halogens is 1. The molecular formula is C22H18FNO5S. The highest BCUT2D eigenvalue weighted by Gasteiger charge is 2.14. The van der Waals surface area contributed by atoms with Crippen LogP contribution in [0.25, 0.3) is 10.8 Å². The molecule has 0 aliphatic carbocycles. The first-order chi connectivity index (χ1) is 14.3. The first-order valence-electron chi connectivity index (χ1n) is 9.07. The zero-order chi connectivity index (χ0) is 21.3. The summed E-state index contributed by atoms with van der Waals surface area (Å²) in [5.74, 6) is -0.402. The number of benzene rings is 2. The minimum absolute atomic E-state index is 0.0102. The highest BCUT2D eigenvalue weighted by Crippen LogP contribution is 2.18. The number of aromatic nitrogens is 1. The van der Waals surface area contributed by atoms with Crippen LogP contribution in [-0.2, 0) is 23.0 Å². The van der Waals surface area contributed by atoms with Crippen molar-refractivity contribution in [3.8, 4) is 5.75 Å². The Morgan fingerprint density at radius 1 is 1.07 bits per heavy atom. The molecule has 0 amide bonds. The van der Waals surface area contributed by atoms with Crippen LogP contribution in [-0.4, -0.2) is 19.2 Å². The van der Waals surface area contributed by atoms with Crippen molar-refractivity contribution < 1.29 is 22.0 Å². The largest absolute Gasteiger partial charge is 0.482 e. The van der Waals surface area contributed by atoms with Crippen molar-refractivity contribution in [2.45, 2.75) is 18.0 Å². The summed E-state index contributed by atoms with van der Waals surface area (Å²) in [5.41, 5.74) is 0.0311. The van der Waals surface area contributed by atoms with Gasteiger partial charge in [0.2, 0.25) is 11.2 Å². The standard InChI is InChI=1S/C22H18FNO5S/c1-30(26,27)22-7-6-15(8-19(22)23)13-29-21-14-28-18(9-20(21)25)12-24-10-16-4-2-3-5-17(16)11-24/h2-11,14H,12-13H2,1H3. The first-order valence-corrected chi connectivity index (χ1v) is 11.0. The Morgan fingerprint density at radius 3 is 2.37 bits per heavy atom. The van der Waals surface area contributed by atoms with E-state index in [1.165, 1.54) is 24.5 Å². The summed E-state index contributed by atoms with van der Waals surface area (Å²) in [6.45, 7) is 0.288. The third-order valence-corrected chi connectivity index (χ3v) is 5.72. The van der Waals surface area contributed by atoms with E-state index in [1.54, 1.807) is 0 Å². The highest BCUT2D eigenvalue weighted by atomic mass is 32.2. The number of hydrogen-bond donors (Lipinski definition) is 0. The summed E-state index contributed by atoms with van der Waals surface area (Å²) in [6, 6.07) is 13.0. The lowest BCUT2D eigenvalue weighted by molar-refractivity contribution is 0.288. The molecule has 0 aliphatic rings. The van der Waals surface area contributed by atoms with Crippen molar-refractivity contribution in [1.82, 2.24) is 4.57 Å². The third kappa shape index (κ3) is 4.28. The molecule has 0 radical (unpaired) electrons. The molecule has 0 aliphatic heterocycles. The predicted molar refractivity (Wildman–Crippen MR) is 110 cm³/mol. The van der Waals surface area contributed by atoms with E-state index < -0.39 is 15.7 Å². The monoisotopic (exact) mass is 427 g/mol. The second kappa shape index (κ2) is 7.79.